The molecule has 0 saturated carbocycles. The summed E-state index contributed by atoms with van der Waals surface area (Å²) in [6.07, 6.45) is -0.424. The molecule has 0 aliphatic heterocycles. The Kier molecular flexibility index (Phi) is 10.1. The largest absolute Gasteiger partial charge is 0.493 e. The molecule has 0 radical (unpaired) electrons. The number of imide groups is 1. The van der Waals surface area contributed by atoms with Crippen LogP contribution in [0.3, 0.4) is 0 Å². The number of halogens is 3. The van der Waals surface area contributed by atoms with Crippen LogP contribution in [0.15, 0.2) is 72.6 Å². The van der Waals surface area contributed by atoms with Gasteiger partial charge < -0.3 is 24.8 Å². The summed E-state index contributed by atoms with van der Waals surface area (Å²) in [4.78, 5) is 37.5. The van der Waals surface area contributed by atoms with Crippen LogP contribution in [-0.4, -0.2) is 39.2 Å². The minimum absolute atomic E-state index is 0.00690. The summed E-state index contributed by atoms with van der Waals surface area (Å²) in [5.41, 5.74) is -0.517. The molecule has 38 heavy (non-hydrogen) atoms. The van der Waals surface area contributed by atoms with Crippen molar-refractivity contribution in [1.29, 1.82) is 0 Å². The predicted molar refractivity (Wildman–Crippen MR) is 133 cm³/mol. The van der Waals surface area contributed by atoms with Crippen LogP contribution in [0, 0.1) is 0 Å². The van der Waals surface area contributed by atoms with E-state index in [0.717, 1.165) is 24.3 Å². The molecule has 0 saturated heterocycles. The molecule has 3 N–H and O–H groups in total. The first-order valence-corrected chi connectivity index (χ1v) is 10.9. The summed E-state index contributed by atoms with van der Waals surface area (Å²) in [6.45, 7) is 5.17. The monoisotopic (exact) mass is 533 g/mol. The minimum Gasteiger partial charge on any atom is -0.493 e. The third-order valence-electron chi connectivity index (χ3n) is 4.99. The molecule has 0 atom stereocenters. The van der Waals surface area contributed by atoms with Gasteiger partial charge >= 0.3 is 12.2 Å². The average Bonchev–Trinajstić information content (AvgIpc) is 2.90. The van der Waals surface area contributed by atoms with Gasteiger partial charge in [0.25, 0.3) is 11.8 Å². The van der Waals surface area contributed by atoms with Crippen molar-refractivity contribution in [3.8, 4) is 17.2 Å². The standard InChI is InChI=1S/C26H26F3N3O6/c1-6-18(30-23(33)15-8-10-17(11-9-15)26(27,28)29)14-19(7-2)31-25(35)32-24(34)16-12-20(36-3)22(38-5)21(13-16)37-4/h6-14H,2H2,1,3-5H3,(H,30,33)(H2,31,32,34,35)/b18-6+,19-14+. The Morgan fingerprint density at radius 1 is 0.816 bits per heavy atom. The van der Waals surface area contributed by atoms with Crippen molar-refractivity contribution < 1.29 is 41.8 Å². The van der Waals surface area contributed by atoms with Gasteiger partial charge in [0.1, 0.15) is 0 Å². The molecule has 2 rings (SSSR count). The second kappa shape index (κ2) is 13.0. The van der Waals surface area contributed by atoms with Gasteiger partial charge in [0.15, 0.2) is 11.5 Å². The molecule has 202 valence electrons. The molecule has 9 nitrogen and oxygen atoms in total. The predicted octanol–water partition coefficient (Wildman–Crippen LogP) is 4.57. The van der Waals surface area contributed by atoms with E-state index in [2.05, 4.69) is 22.5 Å². The van der Waals surface area contributed by atoms with E-state index in [4.69, 9.17) is 14.2 Å². The Labute approximate surface area is 217 Å². The zero-order valence-electron chi connectivity index (χ0n) is 21.0. The summed E-state index contributed by atoms with van der Waals surface area (Å²) in [5, 5.41) is 7.09. The third-order valence-corrected chi connectivity index (χ3v) is 4.99. The lowest BCUT2D eigenvalue weighted by Crippen LogP contribution is -2.39. The van der Waals surface area contributed by atoms with E-state index in [-0.39, 0.29) is 39.8 Å². The molecule has 0 heterocycles. The number of methoxy groups -OCH3 is 3. The van der Waals surface area contributed by atoms with Crippen LogP contribution in [0.5, 0.6) is 17.2 Å². The van der Waals surface area contributed by atoms with Gasteiger partial charge in [-0.25, -0.2) is 4.79 Å². The van der Waals surface area contributed by atoms with E-state index in [0.29, 0.717) is 0 Å². The fourth-order valence-corrected chi connectivity index (χ4v) is 3.07. The Balaban J connectivity index is 2.11. The highest BCUT2D eigenvalue weighted by molar-refractivity contribution is 6.05. The lowest BCUT2D eigenvalue weighted by Gasteiger charge is -2.14. The molecule has 0 aromatic heterocycles. The topological polar surface area (TPSA) is 115 Å². The van der Waals surface area contributed by atoms with Crippen molar-refractivity contribution in [3.63, 3.8) is 0 Å². The Morgan fingerprint density at radius 2 is 1.37 bits per heavy atom. The van der Waals surface area contributed by atoms with E-state index in [9.17, 15) is 27.6 Å². The van der Waals surface area contributed by atoms with Crippen molar-refractivity contribution in [2.75, 3.05) is 21.3 Å². The molecule has 4 amide bonds. The molecule has 0 aliphatic rings. The summed E-state index contributed by atoms with van der Waals surface area (Å²) in [7, 11) is 4.16. The quantitative estimate of drug-likeness (QED) is 0.407. The average molecular weight is 534 g/mol. The first-order valence-electron chi connectivity index (χ1n) is 10.9. The van der Waals surface area contributed by atoms with Crippen LogP contribution in [0.2, 0.25) is 0 Å². The number of carbonyl (C=O) groups excluding carboxylic acids is 3. The van der Waals surface area contributed by atoms with Crippen LogP contribution in [-0.2, 0) is 6.18 Å². The van der Waals surface area contributed by atoms with Gasteiger partial charge in [0.05, 0.1) is 26.9 Å². The van der Waals surface area contributed by atoms with Gasteiger partial charge in [-0.3, -0.25) is 14.9 Å². The number of ether oxygens (including phenoxy) is 3. The first kappa shape index (κ1) is 29.5. The maximum Gasteiger partial charge on any atom is 0.416 e. The van der Waals surface area contributed by atoms with Crippen molar-refractivity contribution in [3.05, 3.63) is 89.3 Å². The lowest BCUT2D eigenvalue weighted by atomic mass is 10.1. The maximum atomic E-state index is 12.7. The number of alkyl halides is 3. The van der Waals surface area contributed by atoms with Crippen molar-refractivity contribution in [2.45, 2.75) is 13.1 Å². The van der Waals surface area contributed by atoms with E-state index in [1.165, 1.54) is 51.7 Å². The van der Waals surface area contributed by atoms with E-state index < -0.39 is 29.6 Å². The molecular formula is C26H26F3N3O6. The van der Waals surface area contributed by atoms with Crippen molar-refractivity contribution in [1.82, 2.24) is 16.0 Å². The van der Waals surface area contributed by atoms with Crippen LogP contribution in [0.4, 0.5) is 18.0 Å². The number of amides is 4. The number of allylic oxidation sites excluding steroid dienone is 3. The lowest BCUT2D eigenvalue weighted by molar-refractivity contribution is -0.137. The second-order valence-electron chi connectivity index (χ2n) is 7.40. The molecule has 0 unspecified atom stereocenters. The van der Waals surface area contributed by atoms with E-state index in [1.54, 1.807) is 6.92 Å². The third kappa shape index (κ3) is 7.63. The molecule has 0 aliphatic carbocycles. The van der Waals surface area contributed by atoms with Gasteiger partial charge in [-0.15, -0.1) is 0 Å². The fraction of sp³-hybridized carbons (Fsp3) is 0.192. The molecule has 0 spiro atoms. The maximum absolute atomic E-state index is 12.7. The molecule has 2 aromatic rings. The zero-order chi connectivity index (χ0) is 28.5. The first-order chi connectivity index (χ1) is 18.0. The van der Waals surface area contributed by atoms with Gasteiger partial charge in [-0.2, -0.15) is 13.2 Å². The number of rotatable bonds is 9. The number of benzene rings is 2. The minimum atomic E-state index is -4.52. The molecule has 12 heteroatoms. The van der Waals surface area contributed by atoms with Crippen molar-refractivity contribution >= 4 is 17.8 Å². The fourth-order valence-electron chi connectivity index (χ4n) is 3.07. The number of hydrogen-bond acceptors (Lipinski definition) is 6. The van der Waals surface area contributed by atoms with Crippen LogP contribution in [0.25, 0.3) is 0 Å². The van der Waals surface area contributed by atoms with Crippen LogP contribution < -0.4 is 30.2 Å². The summed E-state index contributed by atoms with van der Waals surface area (Å²) in [6, 6.07) is 5.51. The molecule has 0 bridgehead atoms. The van der Waals surface area contributed by atoms with E-state index >= 15 is 0 Å². The van der Waals surface area contributed by atoms with E-state index in [1.807, 2.05) is 0 Å². The number of nitrogens with one attached hydrogen (secondary N) is 3. The van der Waals surface area contributed by atoms with Gasteiger partial charge in [-0.05, 0) is 55.5 Å². The molecule has 2 aromatic carbocycles. The summed E-state index contributed by atoms with van der Waals surface area (Å²) in [5.74, 6) is -0.748. The Morgan fingerprint density at radius 3 is 1.82 bits per heavy atom. The molecule has 0 fully saturated rings. The van der Waals surface area contributed by atoms with Gasteiger partial charge in [0.2, 0.25) is 5.75 Å². The Bertz CT molecular complexity index is 1240. The van der Waals surface area contributed by atoms with Crippen LogP contribution >= 0.6 is 0 Å². The highest BCUT2D eigenvalue weighted by Gasteiger charge is 2.30. The number of urea groups is 1. The smallest absolute Gasteiger partial charge is 0.416 e. The van der Waals surface area contributed by atoms with Crippen LogP contribution in [0.1, 0.15) is 33.2 Å². The second-order valence-corrected chi connectivity index (χ2v) is 7.40. The van der Waals surface area contributed by atoms with Crippen molar-refractivity contribution in [2.24, 2.45) is 0 Å². The zero-order valence-corrected chi connectivity index (χ0v) is 21.0. The summed E-state index contributed by atoms with van der Waals surface area (Å²) < 4.78 is 53.8. The number of carbonyl (C=O) groups is 3. The van der Waals surface area contributed by atoms with Gasteiger partial charge in [0, 0.05) is 22.5 Å². The normalized spacial score (nSPS) is 11.8. The number of hydrogen-bond donors (Lipinski definition) is 3. The highest BCUT2D eigenvalue weighted by Crippen LogP contribution is 2.38. The Hall–Kier alpha value is -4.74. The molecular weight excluding hydrogens is 507 g/mol. The van der Waals surface area contributed by atoms with Gasteiger partial charge in [-0.1, -0.05) is 12.7 Å². The summed E-state index contributed by atoms with van der Waals surface area (Å²) >= 11 is 0. The SMILES string of the molecule is C=C/C(=C\C(=C/C)NC(=O)c1ccc(C(F)(F)F)cc1)NC(=O)NC(=O)c1cc(OC)c(OC)c(OC)c1. The highest BCUT2D eigenvalue weighted by atomic mass is 19.4.